The van der Waals surface area contributed by atoms with Crippen LogP contribution in [0.2, 0.25) is 0 Å². The first-order valence-corrected chi connectivity index (χ1v) is 6.17. The van der Waals surface area contributed by atoms with E-state index in [1.807, 2.05) is 6.07 Å². The molecule has 17 heavy (non-hydrogen) atoms. The minimum Gasteiger partial charge on any atom is -0.479 e. The highest BCUT2D eigenvalue weighted by molar-refractivity contribution is 9.10. The Hall–Kier alpha value is -0.910. The van der Waals surface area contributed by atoms with Gasteiger partial charge in [-0.15, -0.1) is 0 Å². The van der Waals surface area contributed by atoms with Crippen LogP contribution in [-0.4, -0.2) is 29.4 Å². The van der Waals surface area contributed by atoms with Crippen LogP contribution >= 0.6 is 15.9 Å². The van der Waals surface area contributed by atoms with Crippen LogP contribution in [0.3, 0.4) is 0 Å². The molecule has 2 atom stereocenters. The van der Waals surface area contributed by atoms with Gasteiger partial charge in [-0.05, 0) is 23.6 Å². The lowest BCUT2D eigenvalue weighted by Gasteiger charge is -2.13. The first-order valence-electron chi connectivity index (χ1n) is 5.37. The maximum Gasteiger partial charge on any atom is 0.337 e. The van der Waals surface area contributed by atoms with E-state index in [9.17, 15) is 9.90 Å². The lowest BCUT2D eigenvalue weighted by molar-refractivity contribution is -0.146. The van der Waals surface area contributed by atoms with Gasteiger partial charge in [-0.1, -0.05) is 28.1 Å². The number of aliphatic carboxylic acids is 1. The SMILES string of the molecule is O=C(O)C(O)c1ccc(C2CCOC2)c(Br)c1. The zero-order chi connectivity index (χ0) is 12.4. The van der Waals surface area contributed by atoms with Gasteiger partial charge >= 0.3 is 5.97 Å². The van der Waals surface area contributed by atoms with E-state index >= 15 is 0 Å². The summed E-state index contributed by atoms with van der Waals surface area (Å²) < 4.78 is 6.14. The number of carbonyl (C=O) groups is 1. The van der Waals surface area contributed by atoms with Crippen LogP contribution in [0.5, 0.6) is 0 Å². The van der Waals surface area contributed by atoms with Gasteiger partial charge in [-0.25, -0.2) is 4.79 Å². The lowest BCUT2D eigenvalue weighted by atomic mass is 9.96. The van der Waals surface area contributed by atoms with E-state index in [1.165, 1.54) is 0 Å². The van der Waals surface area contributed by atoms with Crippen LogP contribution in [-0.2, 0) is 9.53 Å². The smallest absolute Gasteiger partial charge is 0.337 e. The number of aliphatic hydroxyl groups is 1. The predicted molar refractivity (Wildman–Crippen MR) is 64.9 cm³/mol. The highest BCUT2D eigenvalue weighted by Gasteiger charge is 2.22. The van der Waals surface area contributed by atoms with Gasteiger partial charge in [0, 0.05) is 17.0 Å². The maximum absolute atomic E-state index is 10.7. The molecular formula is C12H13BrO4. The molecule has 0 aliphatic carbocycles. The highest BCUT2D eigenvalue weighted by atomic mass is 79.9. The number of carboxylic acids is 1. The van der Waals surface area contributed by atoms with Crippen molar-refractivity contribution in [3.8, 4) is 0 Å². The van der Waals surface area contributed by atoms with Gasteiger partial charge in [0.2, 0.25) is 0 Å². The van der Waals surface area contributed by atoms with E-state index in [-0.39, 0.29) is 0 Å². The summed E-state index contributed by atoms with van der Waals surface area (Å²) in [4.78, 5) is 10.7. The van der Waals surface area contributed by atoms with Crippen molar-refractivity contribution in [2.24, 2.45) is 0 Å². The summed E-state index contributed by atoms with van der Waals surface area (Å²) in [5, 5.41) is 18.2. The minimum absolute atomic E-state index is 0.348. The van der Waals surface area contributed by atoms with Gasteiger partial charge in [0.25, 0.3) is 0 Å². The molecule has 2 unspecified atom stereocenters. The third-order valence-corrected chi connectivity index (χ3v) is 3.63. The maximum atomic E-state index is 10.7. The molecule has 92 valence electrons. The minimum atomic E-state index is -1.47. The quantitative estimate of drug-likeness (QED) is 0.897. The van der Waals surface area contributed by atoms with Gasteiger partial charge < -0.3 is 14.9 Å². The second kappa shape index (κ2) is 5.16. The fraction of sp³-hybridized carbons (Fsp3) is 0.417. The monoisotopic (exact) mass is 300 g/mol. The fourth-order valence-electron chi connectivity index (χ4n) is 1.97. The molecule has 2 rings (SSSR count). The van der Waals surface area contributed by atoms with Gasteiger partial charge in [0.05, 0.1) is 6.61 Å². The molecule has 1 aliphatic heterocycles. The topological polar surface area (TPSA) is 66.8 Å². The Morgan fingerprint density at radius 1 is 1.53 bits per heavy atom. The molecule has 0 amide bonds. The van der Waals surface area contributed by atoms with Crippen molar-refractivity contribution in [2.45, 2.75) is 18.4 Å². The Morgan fingerprint density at radius 3 is 2.82 bits per heavy atom. The molecule has 1 saturated heterocycles. The average molecular weight is 301 g/mol. The zero-order valence-corrected chi connectivity index (χ0v) is 10.7. The number of carboxylic acid groups (broad SMARTS) is 1. The summed E-state index contributed by atoms with van der Waals surface area (Å²) in [5.74, 6) is -0.894. The van der Waals surface area contributed by atoms with Crippen molar-refractivity contribution < 1.29 is 19.7 Å². The van der Waals surface area contributed by atoms with Crippen LogP contribution in [0.4, 0.5) is 0 Å². The van der Waals surface area contributed by atoms with Gasteiger partial charge in [0.15, 0.2) is 6.10 Å². The van der Waals surface area contributed by atoms with Gasteiger partial charge in [-0.2, -0.15) is 0 Å². The lowest BCUT2D eigenvalue weighted by Crippen LogP contribution is -2.11. The number of halogens is 1. The molecule has 2 N–H and O–H groups in total. The molecule has 1 heterocycles. The third kappa shape index (κ3) is 2.68. The number of rotatable bonds is 3. The van der Waals surface area contributed by atoms with Crippen LogP contribution in [0.1, 0.15) is 29.6 Å². The summed E-state index contributed by atoms with van der Waals surface area (Å²) in [6.07, 6.45) is -0.500. The molecule has 1 fully saturated rings. The zero-order valence-electron chi connectivity index (χ0n) is 9.10. The summed E-state index contributed by atoms with van der Waals surface area (Å²) in [6, 6.07) is 5.16. The van der Waals surface area contributed by atoms with Crippen molar-refractivity contribution in [1.29, 1.82) is 0 Å². The summed E-state index contributed by atoms with van der Waals surface area (Å²) in [6.45, 7) is 1.45. The Labute approximate surface area is 107 Å². The van der Waals surface area contributed by atoms with Gasteiger partial charge in [-0.3, -0.25) is 0 Å². The number of aliphatic hydroxyl groups excluding tert-OH is 1. The van der Waals surface area contributed by atoms with Crippen molar-refractivity contribution >= 4 is 21.9 Å². The Bertz CT molecular complexity index is 427. The Morgan fingerprint density at radius 2 is 2.29 bits per heavy atom. The van der Waals surface area contributed by atoms with Crippen LogP contribution < -0.4 is 0 Å². The third-order valence-electron chi connectivity index (χ3n) is 2.94. The standard InChI is InChI=1S/C12H13BrO4/c13-10-5-7(11(14)12(15)16)1-2-9(10)8-3-4-17-6-8/h1-2,5,8,11,14H,3-4,6H2,(H,15,16). The number of hydrogen-bond donors (Lipinski definition) is 2. The summed E-state index contributed by atoms with van der Waals surface area (Å²) in [5.41, 5.74) is 1.48. The molecule has 1 aliphatic rings. The van der Waals surface area contributed by atoms with E-state index in [0.29, 0.717) is 18.1 Å². The molecule has 0 saturated carbocycles. The summed E-state index contributed by atoms with van der Waals surface area (Å²) in [7, 11) is 0. The van der Waals surface area contributed by atoms with E-state index in [0.717, 1.165) is 23.1 Å². The fourth-order valence-corrected chi connectivity index (χ4v) is 2.69. The second-order valence-electron chi connectivity index (χ2n) is 4.08. The molecule has 0 radical (unpaired) electrons. The molecule has 0 aromatic heterocycles. The van der Waals surface area contributed by atoms with Crippen molar-refractivity contribution in [3.63, 3.8) is 0 Å². The first kappa shape index (κ1) is 12.5. The van der Waals surface area contributed by atoms with Gasteiger partial charge in [0.1, 0.15) is 0 Å². The normalized spacial score (nSPS) is 21.4. The molecule has 5 heteroatoms. The van der Waals surface area contributed by atoms with E-state index in [1.54, 1.807) is 12.1 Å². The van der Waals surface area contributed by atoms with Crippen molar-refractivity contribution in [2.75, 3.05) is 13.2 Å². The van der Waals surface area contributed by atoms with E-state index < -0.39 is 12.1 Å². The van der Waals surface area contributed by atoms with E-state index in [4.69, 9.17) is 9.84 Å². The molecule has 1 aromatic carbocycles. The molecule has 0 spiro atoms. The summed E-state index contributed by atoms with van der Waals surface area (Å²) >= 11 is 3.41. The molecule has 0 bridgehead atoms. The Kier molecular flexibility index (Phi) is 3.81. The molecule has 4 nitrogen and oxygen atoms in total. The van der Waals surface area contributed by atoms with Crippen molar-refractivity contribution in [3.05, 3.63) is 33.8 Å². The van der Waals surface area contributed by atoms with Crippen LogP contribution in [0.15, 0.2) is 22.7 Å². The largest absolute Gasteiger partial charge is 0.479 e. The predicted octanol–water partition coefficient (Wildman–Crippen LogP) is 2.07. The molecular weight excluding hydrogens is 288 g/mol. The first-order chi connectivity index (χ1) is 8.09. The van der Waals surface area contributed by atoms with E-state index in [2.05, 4.69) is 15.9 Å². The highest BCUT2D eigenvalue weighted by Crippen LogP contribution is 2.32. The van der Waals surface area contributed by atoms with Crippen LogP contribution in [0.25, 0.3) is 0 Å². The number of benzene rings is 1. The van der Waals surface area contributed by atoms with Crippen molar-refractivity contribution in [1.82, 2.24) is 0 Å². The number of ether oxygens (including phenoxy) is 1. The van der Waals surface area contributed by atoms with Crippen LogP contribution in [0, 0.1) is 0 Å². The number of hydrogen-bond acceptors (Lipinski definition) is 3. The Balaban J connectivity index is 2.25. The second-order valence-corrected chi connectivity index (χ2v) is 4.94. The average Bonchev–Trinajstić information content (AvgIpc) is 2.81. The molecule has 1 aromatic rings.